The highest BCUT2D eigenvalue weighted by molar-refractivity contribution is 6.07. The molecule has 4 rings (SSSR count). The first-order valence-electron chi connectivity index (χ1n) is 8.23. The number of para-hydroxylation sites is 3. The van der Waals surface area contributed by atoms with Crippen LogP contribution in [0.15, 0.2) is 78.1 Å². The molecule has 1 N–H and O–H groups in total. The molecule has 0 fully saturated rings. The maximum atomic E-state index is 12.9. The van der Waals surface area contributed by atoms with Crippen LogP contribution in [0.1, 0.15) is 10.5 Å². The summed E-state index contributed by atoms with van der Waals surface area (Å²) in [6, 6.07) is 14.7. The molecule has 0 bridgehead atoms. The van der Waals surface area contributed by atoms with E-state index in [9.17, 15) is 4.79 Å². The van der Waals surface area contributed by atoms with Gasteiger partial charge in [-0.1, -0.05) is 24.3 Å². The Labute approximate surface area is 155 Å². The van der Waals surface area contributed by atoms with Crippen LogP contribution in [0.4, 0.5) is 5.69 Å². The van der Waals surface area contributed by atoms with E-state index >= 15 is 0 Å². The third-order valence-corrected chi connectivity index (χ3v) is 4.07. The highest BCUT2D eigenvalue weighted by Gasteiger charge is 2.21. The van der Waals surface area contributed by atoms with Crippen LogP contribution in [0, 0.1) is 0 Å². The molecule has 0 aliphatic carbocycles. The quantitative estimate of drug-likeness (QED) is 0.585. The Hall–Kier alpha value is -3.87. The molecule has 0 aliphatic rings. The summed E-state index contributed by atoms with van der Waals surface area (Å²) in [5, 5.41) is 2.90. The molecule has 2 aromatic heterocycles. The van der Waals surface area contributed by atoms with Gasteiger partial charge in [-0.25, -0.2) is 9.97 Å². The van der Waals surface area contributed by atoms with Crippen molar-refractivity contribution < 1.29 is 13.9 Å². The lowest BCUT2D eigenvalue weighted by Gasteiger charge is -2.11. The van der Waals surface area contributed by atoms with Crippen LogP contribution in [-0.2, 0) is 0 Å². The van der Waals surface area contributed by atoms with E-state index in [-0.39, 0.29) is 11.6 Å². The number of methoxy groups -OCH3 is 1. The average Bonchev–Trinajstić information content (AvgIpc) is 3.40. The summed E-state index contributed by atoms with van der Waals surface area (Å²) < 4.78 is 12.7. The fourth-order valence-corrected chi connectivity index (χ4v) is 2.82. The number of carbonyl (C=O) groups is 1. The zero-order valence-corrected chi connectivity index (χ0v) is 14.5. The van der Waals surface area contributed by atoms with Gasteiger partial charge in [-0.2, -0.15) is 0 Å². The molecule has 7 nitrogen and oxygen atoms in total. The summed E-state index contributed by atoms with van der Waals surface area (Å²) in [5.41, 5.74) is 2.27. The van der Waals surface area contributed by atoms with E-state index in [4.69, 9.17) is 9.15 Å². The van der Waals surface area contributed by atoms with Crippen molar-refractivity contribution in [3.63, 3.8) is 0 Å². The number of oxazole rings is 1. The van der Waals surface area contributed by atoms with Crippen molar-refractivity contribution in [3.05, 3.63) is 79.3 Å². The van der Waals surface area contributed by atoms with Crippen molar-refractivity contribution in [2.75, 3.05) is 12.4 Å². The van der Waals surface area contributed by atoms with Gasteiger partial charge in [0.05, 0.1) is 30.4 Å². The lowest BCUT2D eigenvalue weighted by Crippen LogP contribution is -2.15. The summed E-state index contributed by atoms with van der Waals surface area (Å²) in [5.74, 6) is 0.574. The molecule has 27 heavy (non-hydrogen) atoms. The second kappa shape index (κ2) is 7.17. The number of hydrogen-bond acceptors (Lipinski definition) is 5. The highest BCUT2D eigenvalue weighted by atomic mass is 16.5. The van der Waals surface area contributed by atoms with Crippen LogP contribution >= 0.6 is 0 Å². The number of carbonyl (C=O) groups excluding carboxylic acids is 1. The van der Waals surface area contributed by atoms with Gasteiger partial charge in [0.25, 0.3) is 5.91 Å². The first-order valence-corrected chi connectivity index (χ1v) is 8.23. The first-order chi connectivity index (χ1) is 13.3. The maximum Gasteiger partial charge on any atom is 0.278 e. The largest absolute Gasteiger partial charge is 0.496 e. The van der Waals surface area contributed by atoms with E-state index in [1.165, 1.54) is 6.39 Å². The van der Waals surface area contributed by atoms with E-state index < -0.39 is 0 Å². The number of amides is 1. The minimum atomic E-state index is -0.378. The predicted molar refractivity (Wildman–Crippen MR) is 100 cm³/mol. The molecule has 0 atom stereocenters. The Morgan fingerprint density at radius 2 is 1.96 bits per heavy atom. The van der Waals surface area contributed by atoms with Crippen molar-refractivity contribution in [1.29, 1.82) is 0 Å². The van der Waals surface area contributed by atoms with Gasteiger partial charge >= 0.3 is 0 Å². The lowest BCUT2D eigenvalue weighted by atomic mass is 10.1. The number of aromatic nitrogens is 3. The number of anilines is 1. The lowest BCUT2D eigenvalue weighted by molar-refractivity contribution is 0.102. The van der Waals surface area contributed by atoms with E-state index in [0.717, 1.165) is 5.69 Å². The molecule has 4 aromatic rings. The van der Waals surface area contributed by atoms with Crippen LogP contribution in [0.25, 0.3) is 17.0 Å². The minimum absolute atomic E-state index is 0.180. The Bertz CT molecular complexity index is 1070. The first kappa shape index (κ1) is 16.6. The molecule has 7 heteroatoms. The number of ether oxygens (including phenoxy) is 1. The monoisotopic (exact) mass is 360 g/mol. The average molecular weight is 360 g/mol. The van der Waals surface area contributed by atoms with E-state index in [1.54, 1.807) is 31.9 Å². The number of nitrogens with zero attached hydrogens (tertiary/aromatic N) is 3. The topological polar surface area (TPSA) is 82.2 Å². The van der Waals surface area contributed by atoms with Gasteiger partial charge in [0, 0.05) is 12.4 Å². The van der Waals surface area contributed by atoms with Crippen LogP contribution < -0.4 is 10.1 Å². The van der Waals surface area contributed by atoms with Crippen LogP contribution in [0.3, 0.4) is 0 Å². The Balaban J connectivity index is 1.68. The van der Waals surface area contributed by atoms with Gasteiger partial charge in [-0.05, 0) is 24.3 Å². The summed E-state index contributed by atoms with van der Waals surface area (Å²) in [4.78, 5) is 21.0. The summed E-state index contributed by atoms with van der Waals surface area (Å²) in [6.07, 6.45) is 6.40. The van der Waals surface area contributed by atoms with Crippen LogP contribution in [0.5, 0.6) is 5.75 Å². The molecule has 0 saturated carbocycles. The fraction of sp³-hybridized carbons (Fsp3) is 0.0500. The van der Waals surface area contributed by atoms with Gasteiger partial charge in [-0.3, -0.25) is 4.79 Å². The second-order valence-corrected chi connectivity index (χ2v) is 5.67. The molecule has 1 amide bonds. The molecule has 134 valence electrons. The fourth-order valence-electron chi connectivity index (χ4n) is 2.82. The van der Waals surface area contributed by atoms with Crippen molar-refractivity contribution in [2.24, 2.45) is 0 Å². The molecule has 0 aliphatic heterocycles. The second-order valence-electron chi connectivity index (χ2n) is 5.67. The number of hydrogen-bond donors (Lipinski definition) is 1. The maximum absolute atomic E-state index is 12.9. The van der Waals surface area contributed by atoms with Crippen LogP contribution in [-0.4, -0.2) is 27.6 Å². The predicted octanol–water partition coefficient (Wildman–Crippen LogP) is 3.79. The van der Waals surface area contributed by atoms with Crippen molar-refractivity contribution in [1.82, 2.24) is 14.5 Å². The smallest absolute Gasteiger partial charge is 0.278 e. The summed E-state index contributed by atoms with van der Waals surface area (Å²) >= 11 is 0. The SMILES string of the molecule is COc1ccccc1-c1ocnc1C(=O)Nc1ccccc1-n1ccnc1. The number of rotatable bonds is 5. The highest BCUT2D eigenvalue weighted by Crippen LogP contribution is 2.32. The third-order valence-electron chi connectivity index (χ3n) is 4.07. The van der Waals surface area contributed by atoms with Gasteiger partial charge in [0.15, 0.2) is 17.8 Å². The van der Waals surface area contributed by atoms with Gasteiger partial charge < -0.3 is 19.0 Å². The Kier molecular flexibility index (Phi) is 4.40. The van der Waals surface area contributed by atoms with Gasteiger partial charge in [-0.15, -0.1) is 0 Å². The molecular formula is C20H16N4O3. The number of imidazole rings is 1. The Morgan fingerprint density at radius 3 is 2.78 bits per heavy atom. The summed E-state index contributed by atoms with van der Waals surface area (Å²) in [6.45, 7) is 0. The third kappa shape index (κ3) is 3.18. The number of benzene rings is 2. The molecule has 2 aromatic carbocycles. The standard InChI is InChI=1S/C20H16N4O3/c1-26-17-9-5-2-6-14(17)19-18(22-13-27-19)20(25)23-15-7-3-4-8-16(15)24-11-10-21-12-24/h2-13H,1H3,(H,23,25). The molecule has 0 unspecified atom stereocenters. The molecule has 0 spiro atoms. The molecule has 2 heterocycles. The molecule has 0 radical (unpaired) electrons. The van der Waals surface area contributed by atoms with E-state index in [0.29, 0.717) is 22.8 Å². The van der Waals surface area contributed by atoms with Gasteiger partial charge in [0.1, 0.15) is 5.75 Å². The Morgan fingerprint density at radius 1 is 1.15 bits per heavy atom. The van der Waals surface area contributed by atoms with Crippen LogP contribution in [0.2, 0.25) is 0 Å². The van der Waals surface area contributed by atoms with E-state index in [1.807, 2.05) is 47.0 Å². The number of nitrogens with one attached hydrogen (secondary N) is 1. The molecule has 0 saturated heterocycles. The van der Waals surface area contributed by atoms with E-state index in [2.05, 4.69) is 15.3 Å². The minimum Gasteiger partial charge on any atom is -0.496 e. The van der Waals surface area contributed by atoms with Crippen molar-refractivity contribution in [3.8, 4) is 22.8 Å². The zero-order valence-electron chi connectivity index (χ0n) is 14.5. The summed E-state index contributed by atoms with van der Waals surface area (Å²) in [7, 11) is 1.57. The molecular weight excluding hydrogens is 344 g/mol. The van der Waals surface area contributed by atoms with Crippen molar-refractivity contribution >= 4 is 11.6 Å². The van der Waals surface area contributed by atoms with Crippen molar-refractivity contribution in [2.45, 2.75) is 0 Å². The van der Waals surface area contributed by atoms with Gasteiger partial charge in [0.2, 0.25) is 0 Å². The zero-order chi connectivity index (χ0) is 18.6. The normalized spacial score (nSPS) is 10.6.